The molecule has 0 amide bonds. The largest absolute Gasteiger partial charge is 0.393 e. The maximum atomic E-state index is 12.4. The lowest BCUT2D eigenvalue weighted by Gasteiger charge is -2.28. The van der Waals surface area contributed by atoms with Gasteiger partial charge in [-0.1, -0.05) is 55.4 Å². The first kappa shape index (κ1) is 49.4. The van der Waals surface area contributed by atoms with Gasteiger partial charge in [0.05, 0.1) is 12.8 Å². The number of alkyl halides is 4. The molecule has 0 aromatic carbocycles. The van der Waals surface area contributed by atoms with Gasteiger partial charge >= 0.3 is 0 Å². The summed E-state index contributed by atoms with van der Waals surface area (Å²) >= 11 is 0. The minimum Gasteiger partial charge on any atom is -0.393 e. The molecule has 43 heavy (non-hydrogen) atoms. The first-order valence-electron chi connectivity index (χ1n) is 17.5. The zero-order chi connectivity index (χ0) is 34.3. The molecule has 0 unspecified atom stereocenters. The number of aliphatic hydroxyl groups is 1. The Morgan fingerprint density at radius 1 is 0.558 bits per heavy atom. The molecule has 0 atom stereocenters. The molecule has 5 nitrogen and oxygen atoms in total. The molecule has 4 saturated heterocycles. The van der Waals surface area contributed by atoms with E-state index in [0.29, 0.717) is 19.0 Å². The van der Waals surface area contributed by atoms with Crippen LogP contribution in [0.15, 0.2) is 0 Å². The summed E-state index contributed by atoms with van der Waals surface area (Å²) in [7, 11) is 8.12. The van der Waals surface area contributed by atoms with Crippen LogP contribution in [0.4, 0.5) is 17.6 Å². The molecule has 0 aromatic heterocycles. The molecule has 0 saturated carbocycles. The van der Waals surface area contributed by atoms with E-state index in [4.69, 9.17) is 5.11 Å². The second kappa shape index (κ2) is 34.4. The van der Waals surface area contributed by atoms with E-state index in [2.05, 4.69) is 28.8 Å². The molecule has 4 aliphatic heterocycles. The lowest BCUT2D eigenvalue weighted by Crippen LogP contribution is -2.36. The van der Waals surface area contributed by atoms with Gasteiger partial charge in [-0.05, 0) is 92.1 Å². The van der Waals surface area contributed by atoms with E-state index in [9.17, 15) is 17.6 Å². The smallest absolute Gasteiger partial charge is 0.250 e. The van der Waals surface area contributed by atoms with E-state index in [1.165, 1.54) is 12.8 Å². The SMILES string of the molecule is CC.CC.CC.CC.CN1CCC(CCF)CC1.CN1CCC(F)(F)CC1.CN1CCC(F)CC1.CN1CCC(O)CC1. The Balaban J connectivity index is -0.000000219. The van der Waals surface area contributed by atoms with Crippen LogP contribution in [-0.2, 0) is 0 Å². The van der Waals surface area contributed by atoms with Crippen molar-refractivity contribution in [3.05, 3.63) is 0 Å². The highest BCUT2D eigenvalue weighted by Crippen LogP contribution is 2.26. The number of aliphatic hydroxyl groups excluding tert-OH is 1. The van der Waals surface area contributed by atoms with E-state index in [0.717, 1.165) is 71.4 Å². The van der Waals surface area contributed by atoms with Crippen LogP contribution in [0.2, 0.25) is 0 Å². The quantitative estimate of drug-likeness (QED) is 0.310. The van der Waals surface area contributed by atoms with Crippen LogP contribution in [0.25, 0.3) is 0 Å². The predicted octanol–water partition coefficient (Wildman–Crippen LogP) is 8.26. The summed E-state index contributed by atoms with van der Waals surface area (Å²) in [5.41, 5.74) is 0. The second-order valence-electron chi connectivity index (χ2n) is 10.9. The summed E-state index contributed by atoms with van der Waals surface area (Å²) in [6.45, 7) is 23.2. The molecule has 9 heteroatoms. The average Bonchev–Trinajstić information content (AvgIpc) is 3.04. The van der Waals surface area contributed by atoms with Crippen LogP contribution >= 0.6 is 0 Å². The molecule has 4 fully saturated rings. The fourth-order valence-corrected chi connectivity index (χ4v) is 4.42. The maximum Gasteiger partial charge on any atom is 0.250 e. The Kier molecular flexibility index (Phi) is 39.5. The number of likely N-dealkylation sites (tertiary alicyclic amines) is 4. The van der Waals surface area contributed by atoms with Gasteiger partial charge in [0, 0.05) is 52.1 Å². The zero-order valence-corrected chi connectivity index (χ0v) is 30.7. The molecule has 0 bridgehead atoms. The lowest BCUT2D eigenvalue weighted by molar-refractivity contribution is -0.0504. The fourth-order valence-electron chi connectivity index (χ4n) is 4.42. The van der Waals surface area contributed by atoms with Crippen molar-refractivity contribution in [1.29, 1.82) is 0 Å². The van der Waals surface area contributed by atoms with Crippen LogP contribution in [-0.4, -0.2) is 130 Å². The van der Waals surface area contributed by atoms with Crippen molar-refractivity contribution in [2.24, 2.45) is 5.92 Å². The van der Waals surface area contributed by atoms with Crippen LogP contribution in [0.1, 0.15) is 113 Å². The third-order valence-electron chi connectivity index (χ3n) is 7.41. The molecule has 0 spiro atoms. The van der Waals surface area contributed by atoms with Crippen molar-refractivity contribution in [3.63, 3.8) is 0 Å². The highest BCUT2D eigenvalue weighted by molar-refractivity contribution is 4.75. The van der Waals surface area contributed by atoms with Gasteiger partial charge in [0.25, 0.3) is 5.92 Å². The van der Waals surface area contributed by atoms with Crippen LogP contribution in [0.5, 0.6) is 0 Å². The van der Waals surface area contributed by atoms with E-state index in [1.807, 2.05) is 74.4 Å². The number of hydrogen-bond donors (Lipinski definition) is 1. The summed E-state index contributed by atoms with van der Waals surface area (Å²) in [4.78, 5) is 8.65. The molecular formula is C34H76F4N4O. The first-order valence-corrected chi connectivity index (χ1v) is 17.5. The molecule has 0 aliphatic carbocycles. The molecule has 266 valence electrons. The Hall–Kier alpha value is -0.480. The molecule has 4 heterocycles. The van der Waals surface area contributed by atoms with Gasteiger partial charge in [0.15, 0.2) is 0 Å². The van der Waals surface area contributed by atoms with E-state index >= 15 is 0 Å². The lowest BCUT2D eigenvalue weighted by atomic mass is 9.95. The van der Waals surface area contributed by atoms with Crippen LogP contribution in [0, 0.1) is 5.92 Å². The van der Waals surface area contributed by atoms with Crippen molar-refractivity contribution in [1.82, 2.24) is 19.6 Å². The number of halogens is 4. The highest BCUT2D eigenvalue weighted by atomic mass is 19.3. The summed E-state index contributed by atoms with van der Waals surface area (Å²) in [5, 5.41) is 9.00. The Morgan fingerprint density at radius 3 is 1.14 bits per heavy atom. The van der Waals surface area contributed by atoms with E-state index < -0.39 is 12.1 Å². The Labute approximate surface area is 266 Å². The highest BCUT2D eigenvalue weighted by Gasteiger charge is 2.32. The van der Waals surface area contributed by atoms with Crippen molar-refractivity contribution in [3.8, 4) is 0 Å². The number of piperidine rings is 4. The van der Waals surface area contributed by atoms with Gasteiger partial charge in [-0.25, -0.2) is 13.2 Å². The molecule has 4 rings (SSSR count). The zero-order valence-electron chi connectivity index (χ0n) is 30.7. The summed E-state index contributed by atoms with van der Waals surface area (Å²) in [5.74, 6) is -1.71. The van der Waals surface area contributed by atoms with Crippen molar-refractivity contribution in [2.45, 2.75) is 131 Å². The van der Waals surface area contributed by atoms with Crippen molar-refractivity contribution >= 4 is 0 Å². The minimum absolute atomic E-state index is 0.0220. The fraction of sp³-hybridized carbons (Fsp3) is 1.00. The van der Waals surface area contributed by atoms with Crippen LogP contribution < -0.4 is 0 Å². The molecule has 4 aliphatic rings. The average molecular weight is 633 g/mol. The summed E-state index contributed by atoms with van der Waals surface area (Å²) in [6.07, 6.45) is 6.07. The number of rotatable bonds is 2. The third kappa shape index (κ3) is 32.7. The first-order chi connectivity index (χ1) is 20.5. The van der Waals surface area contributed by atoms with E-state index in [1.54, 1.807) is 0 Å². The normalized spacial score (nSPS) is 21.7. The van der Waals surface area contributed by atoms with Gasteiger partial charge in [-0.2, -0.15) is 0 Å². The monoisotopic (exact) mass is 633 g/mol. The topological polar surface area (TPSA) is 33.2 Å². The minimum atomic E-state index is -2.38. The Morgan fingerprint density at radius 2 is 0.860 bits per heavy atom. The summed E-state index contributed by atoms with van der Waals surface area (Å²) in [6, 6.07) is 0. The molecular weight excluding hydrogens is 556 g/mol. The standard InChI is InChI=1S/C8H16FN.C6H11F2N.C6H12FN.C6H13NO.4C2H6/c1-10-6-3-8(2-5-9)4-7-10;1-9-4-2-6(7,8)3-5-9;1-8-4-2-6(7)3-5-8;1-7-4-2-6(8)3-5-7;4*1-2/h8H,2-7H2,1H3;2-5H2,1H3;6H,2-5H2,1H3;6,8H,2-5H2,1H3;4*1-2H3. The second-order valence-corrected chi connectivity index (χ2v) is 10.9. The number of hydrogen-bond acceptors (Lipinski definition) is 5. The van der Waals surface area contributed by atoms with Crippen LogP contribution in [0.3, 0.4) is 0 Å². The van der Waals surface area contributed by atoms with Crippen molar-refractivity contribution in [2.75, 3.05) is 87.2 Å². The van der Waals surface area contributed by atoms with Gasteiger partial charge < -0.3 is 24.7 Å². The predicted molar refractivity (Wildman–Crippen MR) is 182 cm³/mol. The maximum absolute atomic E-state index is 12.4. The summed E-state index contributed by atoms with van der Waals surface area (Å²) < 4.78 is 48.9. The molecule has 0 aromatic rings. The van der Waals surface area contributed by atoms with Gasteiger partial charge in [0.2, 0.25) is 0 Å². The van der Waals surface area contributed by atoms with Gasteiger partial charge in [-0.15, -0.1) is 0 Å². The molecule has 1 N–H and O–H groups in total. The van der Waals surface area contributed by atoms with E-state index in [-0.39, 0.29) is 25.6 Å². The van der Waals surface area contributed by atoms with Gasteiger partial charge in [-0.3, -0.25) is 4.39 Å². The Bertz CT molecular complexity index is 461. The van der Waals surface area contributed by atoms with Crippen molar-refractivity contribution < 1.29 is 22.7 Å². The van der Waals surface area contributed by atoms with Gasteiger partial charge in [0.1, 0.15) is 6.17 Å². The number of nitrogens with zero attached hydrogens (tertiary/aromatic N) is 4. The third-order valence-corrected chi connectivity index (χ3v) is 7.41. The molecule has 0 radical (unpaired) electrons.